The Labute approximate surface area is 153 Å². The topological polar surface area (TPSA) is 86.3 Å². The minimum Gasteiger partial charge on any atom is -0.456 e. The van der Waals surface area contributed by atoms with Gasteiger partial charge in [0.05, 0.1) is 5.69 Å². The van der Waals surface area contributed by atoms with Gasteiger partial charge in [-0.25, -0.2) is 0 Å². The van der Waals surface area contributed by atoms with Crippen LogP contribution < -0.4 is 4.90 Å². The Balaban J connectivity index is 1.76. The Morgan fingerprint density at radius 2 is 1.92 bits per heavy atom. The van der Waals surface area contributed by atoms with Gasteiger partial charge in [-0.15, -0.1) is 5.10 Å². The summed E-state index contributed by atoms with van der Waals surface area (Å²) in [5.41, 5.74) is 2.47. The van der Waals surface area contributed by atoms with E-state index >= 15 is 0 Å². The van der Waals surface area contributed by atoms with E-state index in [2.05, 4.69) is 16.3 Å². The average Bonchev–Trinajstić information content (AvgIpc) is 3.12. The molecule has 1 amide bonds. The van der Waals surface area contributed by atoms with E-state index in [0.29, 0.717) is 43.3 Å². The smallest absolute Gasteiger partial charge is 0.289 e. The summed E-state index contributed by atoms with van der Waals surface area (Å²) in [5, 5.41) is 18.3. The predicted octanol–water partition coefficient (Wildman–Crippen LogP) is 2.34. The highest BCUT2D eigenvalue weighted by atomic mass is 16.3. The van der Waals surface area contributed by atoms with Crippen LogP contribution in [0.5, 0.6) is 0 Å². The van der Waals surface area contributed by atoms with Crippen molar-refractivity contribution in [1.82, 2.24) is 15.1 Å². The van der Waals surface area contributed by atoms with Gasteiger partial charge in [0.15, 0.2) is 11.6 Å². The lowest BCUT2D eigenvalue weighted by Gasteiger charge is -2.35. The van der Waals surface area contributed by atoms with E-state index in [-0.39, 0.29) is 5.91 Å². The van der Waals surface area contributed by atoms with Crippen molar-refractivity contribution in [2.24, 2.45) is 0 Å². The fourth-order valence-corrected chi connectivity index (χ4v) is 3.33. The van der Waals surface area contributed by atoms with Crippen molar-refractivity contribution in [2.45, 2.75) is 33.6 Å². The summed E-state index contributed by atoms with van der Waals surface area (Å²) >= 11 is 0. The largest absolute Gasteiger partial charge is 0.456 e. The number of carbonyl (C=O) groups excluding carboxylic acids is 1. The van der Waals surface area contributed by atoms with Gasteiger partial charge in [0, 0.05) is 26.2 Å². The lowest BCUT2D eigenvalue weighted by molar-refractivity contribution is 0.0713. The average molecular weight is 353 g/mol. The van der Waals surface area contributed by atoms with Crippen molar-refractivity contribution < 1.29 is 9.21 Å². The molecule has 1 fully saturated rings. The van der Waals surface area contributed by atoms with E-state index in [1.54, 1.807) is 17.0 Å². The van der Waals surface area contributed by atoms with Crippen LogP contribution in [0.4, 0.5) is 5.82 Å². The van der Waals surface area contributed by atoms with Crippen molar-refractivity contribution >= 4 is 11.7 Å². The van der Waals surface area contributed by atoms with E-state index in [0.717, 1.165) is 29.9 Å². The summed E-state index contributed by atoms with van der Waals surface area (Å²) in [7, 11) is 0. The van der Waals surface area contributed by atoms with Crippen LogP contribution in [0, 0.1) is 18.3 Å². The molecule has 1 saturated heterocycles. The third-order valence-corrected chi connectivity index (χ3v) is 4.76. The van der Waals surface area contributed by atoms with Crippen LogP contribution in [0.15, 0.2) is 16.5 Å². The monoisotopic (exact) mass is 353 g/mol. The van der Waals surface area contributed by atoms with Gasteiger partial charge in [-0.1, -0.05) is 13.8 Å². The number of aryl methyl sites for hydroxylation is 2. The number of hydrogen-bond acceptors (Lipinski definition) is 6. The summed E-state index contributed by atoms with van der Waals surface area (Å²) in [6.45, 7) is 8.21. The second kappa shape index (κ2) is 7.56. The van der Waals surface area contributed by atoms with Crippen molar-refractivity contribution in [1.29, 1.82) is 5.26 Å². The normalized spacial score (nSPS) is 14.4. The molecule has 0 unspecified atom stereocenters. The molecule has 0 atom stereocenters. The Morgan fingerprint density at radius 3 is 2.46 bits per heavy atom. The molecule has 0 aliphatic carbocycles. The number of carbonyl (C=O) groups is 1. The Hall–Kier alpha value is -2.88. The highest BCUT2D eigenvalue weighted by molar-refractivity contribution is 5.91. The molecule has 3 rings (SSSR count). The van der Waals surface area contributed by atoms with E-state index < -0.39 is 0 Å². The summed E-state index contributed by atoms with van der Waals surface area (Å²) in [6, 6.07) is 5.81. The van der Waals surface area contributed by atoms with Crippen LogP contribution in [0.25, 0.3) is 0 Å². The molecule has 0 spiro atoms. The third kappa shape index (κ3) is 3.27. The first-order valence-corrected chi connectivity index (χ1v) is 8.98. The maximum absolute atomic E-state index is 12.5. The van der Waals surface area contributed by atoms with Crippen molar-refractivity contribution in [3.05, 3.63) is 40.5 Å². The van der Waals surface area contributed by atoms with Crippen LogP contribution >= 0.6 is 0 Å². The quantitative estimate of drug-likeness (QED) is 0.838. The lowest BCUT2D eigenvalue weighted by atomic mass is 10.0. The SMILES string of the molecule is CCc1nnc(N2CCN(C(=O)c3ccc(C)o3)CC2)c(C#N)c1CC. The molecular weight excluding hydrogens is 330 g/mol. The molecule has 7 nitrogen and oxygen atoms in total. The number of furan rings is 1. The molecular formula is C19H23N5O2. The number of piperazine rings is 1. The zero-order chi connectivity index (χ0) is 18.7. The molecule has 0 N–H and O–H groups in total. The predicted molar refractivity (Wildman–Crippen MR) is 97.1 cm³/mol. The van der Waals surface area contributed by atoms with Gasteiger partial charge in [-0.05, 0) is 37.5 Å². The second-order valence-electron chi connectivity index (χ2n) is 6.33. The maximum atomic E-state index is 12.5. The first-order valence-electron chi connectivity index (χ1n) is 8.98. The second-order valence-corrected chi connectivity index (χ2v) is 6.33. The van der Waals surface area contributed by atoms with Gasteiger partial charge in [0.1, 0.15) is 17.4 Å². The number of anilines is 1. The van der Waals surface area contributed by atoms with E-state index in [1.165, 1.54) is 0 Å². The van der Waals surface area contributed by atoms with Gasteiger partial charge in [-0.2, -0.15) is 10.4 Å². The molecule has 3 heterocycles. The summed E-state index contributed by atoms with van der Waals surface area (Å²) in [5.74, 6) is 1.63. The standard InChI is InChI=1S/C19H23N5O2/c1-4-14-15(12-20)18(22-21-16(14)5-2)23-8-10-24(11-9-23)19(25)17-7-6-13(3)26-17/h6-7H,4-5,8-11H2,1-3H3. The minimum absolute atomic E-state index is 0.0973. The highest BCUT2D eigenvalue weighted by Crippen LogP contribution is 2.24. The van der Waals surface area contributed by atoms with Crippen LogP contribution in [0.3, 0.4) is 0 Å². The molecule has 1 aliphatic rings. The molecule has 0 bridgehead atoms. The Bertz CT molecular complexity index is 844. The maximum Gasteiger partial charge on any atom is 0.289 e. The molecule has 0 aromatic carbocycles. The molecule has 1 aliphatic heterocycles. The number of hydrogen-bond donors (Lipinski definition) is 0. The molecule has 0 radical (unpaired) electrons. The van der Waals surface area contributed by atoms with Crippen molar-refractivity contribution in [3.8, 4) is 6.07 Å². The van der Waals surface area contributed by atoms with Crippen molar-refractivity contribution in [3.63, 3.8) is 0 Å². The van der Waals surface area contributed by atoms with Crippen LogP contribution in [0.1, 0.15) is 47.0 Å². The lowest BCUT2D eigenvalue weighted by Crippen LogP contribution is -2.49. The molecule has 0 saturated carbocycles. The van der Waals surface area contributed by atoms with E-state index in [4.69, 9.17) is 4.42 Å². The fraction of sp³-hybridized carbons (Fsp3) is 0.474. The number of nitrogens with zero attached hydrogens (tertiary/aromatic N) is 5. The highest BCUT2D eigenvalue weighted by Gasteiger charge is 2.27. The molecule has 26 heavy (non-hydrogen) atoms. The molecule has 7 heteroatoms. The number of amides is 1. The Morgan fingerprint density at radius 1 is 1.19 bits per heavy atom. The van der Waals surface area contributed by atoms with Crippen LogP contribution in [-0.2, 0) is 12.8 Å². The van der Waals surface area contributed by atoms with Gasteiger partial charge >= 0.3 is 0 Å². The van der Waals surface area contributed by atoms with Gasteiger partial charge in [-0.3, -0.25) is 4.79 Å². The first-order chi connectivity index (χ1) is 12.6. The first kappa shape index (κ1) is 17.9. The van der Waals surface area contributed by atoms with Gasteiger partial charge < -0.3 is 14.2 Å². The van der Waals surface area contributed by atoms with E-state index in [9.17, 15) is 10.1 Å². The zero-order valence-electron chi connectivity index (χ0n) is 15.4. The van der Waals surface area contributed by atoms with Crippen LogP contribution in [0.2, 0.25) is 0 Å². The van der Waals surface area contributed by atoms with E-state index in [1.807, 2.05) is 25.7 Å². The summed E-state index contributed by atoms with van der Waals surface area (Å²) < 4.78 is 5.43. The van der Waals surface area contributed by atoms with Crippen molar-refractivity contribution in [2.75, 3.05) is 31.1 Å². The minimum atomic E-state index is -0.0973. The summed E-state index contributed by atoms with van der Waals surface area (Å²) in [6.07, 6.45) is 1.51. The van der Waals surface area contributed by atoms with Crippen LogP contribution in [-0.4, -0.2) is 47.2 Å². The fourth-order valence-electron chi connectivity index (χ4n) is 3.33. The number of nitriles is 1. The summed E-state index contributed by atoms with van der Waals surface area (Å²) in [4.78, 5) is 16.3. The molecule has 2 aromatic heterocycles. The Kier molecular flexibility index (Phi) is 5.21. The molecule has 136 valence electrons. The molecule has 2 aromatic rings. The number of rotatable bonds is 4. The third-order valence-electron chi connectivity index (χ3n) is 4.76. The van der Waals surface area contributed by atoms with Gasteiger partial charge in [0.2, 0.25) is 0 Å². The zero-order valence-corrected chi connectivity index (χ0v) is 15.4. The number of aromatic nitrogens is 2. The van der Waals surface area contributed by atoms with Gasteiger partial charge in [0.25, 0.3) is 5.91 Å².